The van der Waals surface area contributed by atoms with Crippen LogP contribution in [0.5, 0.6) is 0 Å². The van der Waals surface area contributed by atoms with Gasteiger partial charge in [-0.3, -0.25) is 0 Å². The minimum absolute atomic E-state index is 0.356. The topological polar surface area (TPSA) is 61.8 Å². The first-order chi connectivity index (χ1) is 29.6. The molecule has 0 atom stereocenters. The predicted octanol–water partition coefficient (Wildman–Crippen LogP) is 14.5. The Kier molecular flexibility index (Phi) is 8.58. The number of alkyl halides is 3. The van der Waals surface area contributed by atoms with Gasteiger partial charge in [0.15, 0.2) is 5.69 Å². The highest BCUT2D eigenvalue weighted by atomic mass is 19.4. The van der Waals surface area contributed by atoms with Gasteiger partial charge in [0.25, 0.3) is 0 Å². The second-order valence-electron chi connectivity index (χ2n) is 15.1. The van der Waals surface area contributed by atoms with Crippen molar-refractivity contribution in [2.75, 3.05) is 0 Å². The number of hydrogen-bond acceptors (Lipinski definition) is 2. The number of para-hydroxylation sites is 2. The average molecular weight is 794 g/mol. The summed E-state index contributed by atoms with van der Waals surface area (Å²) in [6, 6.07) is 55.2. The summed E-state index contributed by atoms with van der Waals surface area (Å²) in [4.78, 5) is 3.65. The number of rotatable bonds is 5. The molecule has 0 saturated carbocycles. The summed E-state index contributed by atoms with van der Waals surface area (Å²) in [6.07, 6.45) is -4.56. The van der Waals surface area contributed by atoms with E-state index in [9.17, 15) is 23.7 Å². The van der Waals surface area contributed by atoms with E-state index in [0.717, 1.165) is 71.9 Å². The number of fused-ring (bicyclic) bond motifs is 6. The minimum Gasteiger partial charge on any atom is -0.308 e. The van der Waals surface area contributed by atoms with Gasteiger partial charge in [0, 0.05) is 27.1 Å². The molecule has 10 aromatic rings. The second kappa shape index (κ2) is 14.2. The van der Waals surface area contributed by atoms with Crippen LogP contribution in [0, 0.1) is 36.2 Å². The van der Waals surface area contributed by atoms with Crippen molar-refractivity contribution in [3.05, 3.63) is 197 Å². The third-order valence-electron chi connectivity index (χ3n) is 11.5. The minimum atomic E-state index is -4.56. The highest BCUT2D eigenvalue weighted by molar-refractivity contribution is 6.13. The van der Waals surface area contributed by atoms with Crippen molar-refractivity contribution < 1.29 is 13.2 Å². The Balaban J connectivity index is 1.37. The summed E-state index contributed by atoms with van der Waals surface area (Å²) < 4.78 is 47.0. The quantitative estimate of drug-likeness (QED) is 0.163. The van der Waals surface area contributed by atoms with E-state index in [-0.39, 0.29) is 0 Å². The van der Waals surface area contributed by atoms with E-state index in [2.05, 4.69) is 50.4 Å². The van der Waals surface area contributed by atoms with E-state index in [1.165, 1.54) is 12.1 Å². The summed E-state index contributed by atoms with van der Waals surface area (Å²) >= 11 is 0. The van der Waals surface area contributed by atoms with Crippen molar-refractivity contribution >= 4 is 49.3 Å². The van der Waals surface area contributed by atoms with Crippen LogP contribution in [0.25, 0.3) is 93.2 Å². The van der Waals surface area contributed by atoms with Crippen molar-refractivity contribution in [2.24, 2.45) is 0 Å². The maximum Gasteiger partial charge on any atom is 0.416 e. The van der Waals surface area contributed by atoms with Gasteiger partial charge in [0.05, 0.1) is 68.8 Å². The van der Waals surface area contributed by atoms with E-state index < -0.39 is 11.7 Å². The molecule has 2 heterocycles. The number of hydrogen-bond donors (Lipinski definition) is 0. The van der Waals surface area contributed by atoms with Gasteiger partial charge >= 0.3 is 6.18 Å². The molecule has 0 fully saturated rings. The smallest absolute Gasteiger partial charge is 0.308 e. The first-order valence-corrected chi connectivity index (χ1v) is 19.5. The first kappa shape index (κ1) is 36.9. The average Bonchev–Trinajstić information content (AvgIpc) is 3.80. The molecular formula is C53H30F3N5. The van der Waals surface area contributed by atoms with Gasteiger partial charge in [0.1, 0.15) is 0 Å². The third kappa shape index (κ3) is 6.08. The van der Waals surface area contributed by atoms with Gasteiger partial charge in [-0.05, 0) is 107 Å². The molecule has 0 amide bonds. The van der Waals surface area contributed by atoms with Crippen molar-refractivity contribution in [1.82, 2.24) is 9.13 Å². The van der Waals surface area contributed by atoms with Gasteiger partial charge in [0.2, 0.25) is 0 Å². The Bertz CT molecular complexity index is 3390. The normalized spacial score (nSPS) is 11.6. The highest BCUT2D eigenvalue weighted by Crippen LogP contribution is 2.45. The van der Waals surface area contributed by atoms with Crippen LogP contribution in [0.3, 0.4) is 0 Å². The molecule has 0 aliphatic heterocycles. The Morgan fingerprint density at radius 1 is 0.508 bits per heavy atom. The molecule has 2 aromatic heterocycles. The summed E-state index contributed by atoms with van der Waals surface area (Å²) in [5.41, 5.74) is 10.3. The maximum atomic E-state index is 14.3. The highest BCUT2D eigenvalue weighted by Gasteiger charge is 2.32. The SMILES string of the molecule is [C-]#[N+]c1cccc(-c2ccc3c4ccccc4n(-c4cc(C#N)cc(-n5c6ccccc6c6ccc(-c7cccc(C#N)c7)cc65)c4-c4ccc(C(F)(F)F)cc4C)c3c2)c1. The van der Waals surface area contributed by atoms with E-state index in [1.807, 2.05) is 109 Å². The standard InChI is InChI=1S/C53H30F3N5/c1-32-23-39(53(54,55)56)19-22-41(32)52-50(60-46-15-5-3-13-42(46)44-20-17-37(28-48(44)60)35-10-7-9-33(24-35)30-57)25-34(31-58)26-51(52)61-47-16-6-4-14-43(47)45-21-18-38(29-49(45)61)36-11-8-12-40(27-36)59-2/h3-29H,1H3. The zero-order valence-corrected chi connectivity index (χ0v) is 32.5. The summed E-state index contributed by atoms with van der Waals surface area (Å²) in [5.74, 6) is 0. The first-order valence-electron chi connectivity index (χ1n) is 19.5. The number of benzene rings is 8. The lowest BCUT2D eigenvalue weighted by molar-refractivity contribution is -0.137. The lowest BCUT2D eigenvalue weighted by Crippen LogP contribution is -2.08. The molecule has 0 saturated heterocycles. The molecule has 0 spiro atoms. The van der Waals surface area contributed by atoms with E-state index in [4.69, 9.17) is 6.57 Å². The van der Waals surface area contributed by atoms with Gasteiger partial charge in [-0.15, -0.1) is 0 Å². The molecular weight excluding hydrogens is 764 g/mol. The van der Waals surface area contributed by atoms with Gasteiger partial charge in [-0.2, -0.15) is 23.7 Å². The molecule has 10 rings (SSSR count). The molecule has 0 aliphatic rings. The Labute approximate surface area is 348 Å². The van der Waals surface area contributed by atoms with Crippen molar-refractivity contribution in [2.45, 2.75) is 13.1 Å². The van der Waals surface area contributed by atoms with Crippen LogP contribution < -0.4 is 0 Å². The fraction of sp³-hybridized carbons (Fsp3) is 0.0377. The van der Waals surface area contributed by atoms with Crippen molar-refractivity contribution in [3.63, 3.8) is 0 Å². The van der Waals surface area contributed by atoms with Crippen LogP contribution in [0.15, 0.2) is 164 Å². The van der Waals surface area contributed by atoms with E-state index in [0.29, 0.717) is 44.9 Å². The third-order valence-corrected chi connectivity index (χ3v) is 11.5. The molecule has 288 valence electrons. The van der Waals surface area contributed by atoms with Crippen molar-refractivity contribution in [3.8, 4) is 56.9 Å². The van der Waals surface area contributed by atoms with Gasteiger partial charge < -0.3 is 9.13 Å². The summed E-state index contributed by atoms with van der Waals surface area (Å²) in [6.45, 7) is 9.32. The van der Waals surface area contributed by atoms with Gasteiger partial charge in [-0.1, -0.05) is 97.1 Å². The maximum absolute atomic E-state index is 14.3. The Morgan fingerprint density at radius 3 is 1.57 bits per heavy atom. The van der Waals surface area contributed by atoms with Crippen LogP contribution in [-0.2, 0) is 6.18 Å². The van der Waals surface area contributed by atoms with E-state index >= 15 is 0 Å². The Hall–Kier alpha value is -8.38. The van der Waals surface area contributed by atoms with Crippen molar-refractivity contribution in [1.29, 1.82) is 10.5 Å². The summed E-state index contributed by atoms with van der Waals surface area (Å²) in [7, 11) is 0. The number of nitrogens with zero attached hydrogens (tertiary/aromatic N) is 5. The molecule has 8 heteroatoms. The number of nitriles is 2. The predicted molar refractivity (Wildman–Crippen MR) is 237 cm³/mol. The lowest BCUT2D eigenvalue weighted by atomic mass is 9.93. The summed E-state index contributed by atoms with van der Waals surface area (Å²) in [5, 5.41) is 24.3. The fourth-order valence-corrected chi connectivity index (χ4v) is 8.77. The van der Waals surface area contributed by atoms with Crippen LogP contribution >= 0.6 is 0 Å². The van der Waals surface area contributed by atoms with E-state index in [1.54, 1.807) is 19.1 Å². The number of halogens is 3. The number of aryl methyl sites for hydroxylation is 1. The molecule has 0 bridgehead atoms. The molecule has 0 aliphatic carbocycles. The monoisotopic (exact) mass is 793 g/mol. The molecule has 5 nitrogen and oxygen atoms in total. The Morgan fingerprint density at radius 2 is 1.03 bits per heavy atom. The van der Waals surface area contributed by atoms with Crippen LogP contribution in [0.4, 0.5) is 18.9 Å². The zero-order chi connectivity index (χ0) is 42.0. The van der Waals surface area contributed by atoms with Crippen LogP contribution in [-0.4, -0.2) is 9.13 Å². The molecule has 0 unspecified atom stereocenters. The number of aromatic nitrogens is 2. The molecule has 0 radical (unpaired) electrons. The van der Waals surface area contributed by atoms with Gasteiger partial charge in [-0.25, -0.2) is 4.85 Å². The largest absolute Gasteiger partial charge is 0.416 e. The molecule has 61 heavy (non-hydrogen) atoms. The van der Waals surface area contributed by atoms with Crippen LogP contribution in [0.2, 0.25) is 0 Å². The molecule has 8 aromatic carbocycles. The fourth-order valence-electron chi connectivity index (χ4n) is 8.77. The molecule has 0 N–H and O–H groups in total. The van der Waals surface area contributed by atoms with Crippen LogP contribution in [0.1, 0.15) is 22.3 Å². The zero-order valence-electron chi connectivity index (χ0n) is 32.5. The second-order valence-corrected chi connectivity index (χ2v) is 15.1. The lowest BCUT2D eigenvalue weighted by Gasteiger charge is -2.22.